The number of benzene rings is 1. The minimum Gasteiger partial charge on any atom is -0.354 e. The van der Waals surface area contributed by atoms with Crippen LogP contribution < -0.4 is 10.2 Å². The molecule has 1 atom stereocenters. The van der Waals surface area contributed by atoms with Gasteiger partial charge in [0.1, 0.15) is 0 Å². The largest absolute Gasteiger partial charge is 0.354 e. The molecule has 1 aliphatic heterocycles. The van der Waals surface area contributed by atoms with E-state index < -0.39 is 9.84 Å². The lowest BCUT2D eigenvalue weighted by molar-refractivity contribution is 0.600. The highest BCUT2D eigenvalue weighted by Crippen LogP contribution is 2.26. The molecule has 1 aliphatic rings. The molecule has 1 unspecified atom stereocenters. The zero-order valence-electron chi connectivity index (χ0n) is 14.7. The monoisotopic (exact) mass is 361 g/mol. The average Bonchev–Trinajstić information content (AvgIpc) is 2.95. The number of para-hydroxylation sites is 1. The van der Waals surface area contributed by atoms with Crippen molar-refractivity contribution in [3.8, 4) is 0 Å². The first-order valence-corrected chi connectivity index (χ1v) is 10.2. The predicted octanol–water partition coefficient (Wildman–Crippen LogP) is 2.36. The molecule has 0 spiro atoms. The Labute approximate surface area is 148 Å². The van der Waals surface area contributed by atoms with Crippen LogP contribution in [-0.4, -0.2) is 48.2 Å². The van der Waals surface area contributed by atoms with Gasteiger partial charge in [-0.2, -0.15) is 10.1 Å². The number of aromatic nitrogens is 3. The van der Waals surface area contributed by atoms with Crippen molar-refractivity contribution in [3.05, 3.63) is 36.0 Å². The molecule has 0 radical (unpaired) electrons. The molecule has 0 amide bonds. The first-order valence-electron chi connectivity index (χ1n) is 8.34. The van der Waals surface area contributed by atoms with Crippen LogP contribution >= 0.6 is 0 Å². The zero-order chi connectivity index (χ0) is 18.0. The highest BCUT2D eigenvalue weighted by atomic mass is 32.2. The number of anilines is 3. The number of nitrogens with one attached hydrogen (secondary N) is 1. The summed E-state index contributed by atoms with van der Waals surface area (Å²) in [6.45, 7) is 4.26. The highest BCUT2D eigenvalue weighted by Gasteiger charge is 2.31. The van der Waals surface area contributed by atoms with E-state index in [4.69, 9.17) is 0 Å². The summed E-state index contributed by atoms with van der Waals surface area (Å²) in [7, 11) is -1.09. The predicted molar refractivity (Wildman–Crippen MR) is 99.1 cm³/mol. The summed E-state index contributed by atoms with van der Waals surface area (Å²) in [5.41, 5.74) is 2.12. The molecule has 2 aromatic rings. The number of hydrogen-bond acceptors (Lipinski definition) is 7. The van der Waals surface area contributed by atoms with Gasteiger partial charge in [-0.05, 0) is 24.0 Å². The third kappa shape index (κ3) is 4.07. The van der Waals surface area contributed by atoms with Gasteiger partial charge in [-0.15, -0.1) is 5.10 Å². The molecule has 0 saturated carbocycles. The van der Waals surface area contributed by atoms with Crippen molar-refractivity contribution in [2.75, 3.05) is 28.8 Å². The first kappa shape index (κ1) is 17.6. The lowest BCUT2D eigenvalue weighted by Gasteiger charge is -2.24. The van der Waals surface area contributed by atoms with Crippen molar-refractivity contribution in [2.45, 2.75) is 32.2 Å². The number of sulfone groups is 1. The molecule has 8 heteroatoms. The quantitative estimate of drug-likeness (QED) is 0.874. The Morgan fingerprint density at radius 1 is 1.28 bits per heavy atom. The molecule has 25 heavy (non-hydrogen) atoms. The molecule has 7 nitrogen and oxygen atoms in total. The normalized spacial score (nSPS) is 19.1. The van der Waals surface area contributed by atoms with E-state index in [0.717, 1.165) is 5.69 Å². The molecule has 1 fully saturated rings. The third-order valence-corrected chi connectivity index (χ3v) is 6.24. The van der Waals surface area contributed by atoms with Gasteiger partial charge in [-0.1, -0.05) is 32.0 Å². The lowest BCUT2D eigenvalue weighted by atomic mass is 10.0. The maximum atomic E-state index is 11.7. The van der Waals surface area contributed by atoms with Crippen LogP contribution in [0.4, 0.5) is 17.5 Å². The summed E-state index contributed by atoms with van der Waals surface area (Å²) in [6.07, 6.45) is 2.17. The SMILES string of the molecule is CC(C)c1ccccc1Nc1nncc(N(C)C2CCS(=O)(=O)C2)n1. The van der Waals surface area contributed by atoms with Crippen molar-refractivity contribution < 1.29 is 8.42 Å². The number of rotatable bonds is 5. The van der Waals surface area contributed by atoms with Gasteiger partial charge in [-0.3, -0.25) is 0 Å². The van der Waals surface area contributed by atoms with E-state index in [2.05, 4.69) is 40.4 Å². The maximum absolute atomic E-state index is 11.7. The van der Waals surface area contributed by atoms with E-state index in [0.29, 0.717) is 24.1 Å². The Balaban J connectivity index is 1.81. The number of nitrogens with zero attached hydrogens (tertiary/aromatic N) is 4. The van der Waals surface area contributed by atoms with E-state index >= 15 is 0 Å². The fourth-order valence-electron chi connectivity index (χ4n) is 3.02. The molecule has 1 aromatic carbocycles. The van der Waals surface area contributed by atoms with Crippen LogP contribution in [0.25, 0.3) is 0 Å². The highest BCUT2D eigenvalue weighted by molar-refractivity contribution is 7.91. The van der Waals surface area contributed by atoms with E-state index in [-0.39, 0.29) is 17.5 Å². The van der Waals surface area contributed by atoms with Gasteiger partial charge in [0.15, 0.2) is 15.7 Å². The van der Waals surface area contributed by atoms with Crippen LogP contribution in [-0.2, 0) is 9.84 Å². The topological polar surface area (TPSA) is 88.1 Å². The number of hydrogen-bond donors (Lipinski definition) is 1. The van der Waals surface area contributed by atoms with Gasteiger partial charge >= 0.3 is 0 Å². The molecule has 0 bridgehead atoms. The van der Waals surface area contributed by atoms with Gasteiger partial charge in [0, 0.05) is 18.8 Å². The minimum atomic E-state index is -2.94. The average molecular weight is 361 g/mol. The van der Waals surface area contributed by atoms with E-state index in [1.165, 1.54) is 5.56 Å². The molecular formula is C17H23N5O2S. The van der Waals surface area contributed by atoms with Crippen molar-refractivity contribution >= 4 is 27.3 Å². The molecule has 3 rings (SSSR count). The fraction of sp³-hybridized carbons (Fsp3) is 0.471. The summed E-state index contributed by atoms with van der Waals surface area (Å²) in [6, 6.07) is 7.95. The van der Waals surface area contributed by atoms with Gasteiger partial charge in [-0.25, -0.2) is 8.42 Å². The van der Waals surface area contributed by atoms with Gasteiger partial charge < -0.3 is 10.2 Å². The molecule has 1 N–H and O–H groups in total. The summed E-state index contributed by atoms with van der Waals surface area (Å²) in [5.74, 6) is 1.77. The van der Waals surface area contributed by atoms with Gasteiger partial charge in [0.2, 0.25) is 5.95 Å². The molecule has 2 heterocycles. The van der Waals surface area contributed by atoms with Gasteiger partial charge in [0.25, 0.3) is 0 Å². The van der Waals surface area contributed by atoms with Crippen LogP contribution in [0.5, 0.6) is 0 Å². The Hall–Kier alpha value is -2.22. The third-order valence-electron chi connectivity index (χ3n) is 4.49. The summed E-state index contributed by atoms with van der Waals surface area (Å²) in [5, 5.41) is 11.3. The second-order valence-electron chi connectivity index (χ2n) is 6.67. The molecule has 134 valence electrons. The van der Waals surface area contributed by atoms with E-state index in [1.54, 1.807) is 6.20 Å². The van der Waals surface area contributed by atoms with Crippen molar-refractivity contribution in [1.82, 2.24) is 15.2 Å². The van der Waals surface area contributed by atoms with Crippen LogP contribution in [0.1, 0.15) is 31.7 Å². The second-order valence-corrected chi connectivity index (χ2v) is 8.90. The van der Waals surface area contributed by atoms with E-state index in [1.807, 2.05) is 30.1 Å². The van der Waals surface area contributed by atoms with Crippen LogP contribution in [0, 0.1) is 0 Å². The van der Waals surface area contributed by atoms with Crippen molar-refractivity contribution in [1.29, 1.82) is 0 Å². The molecular weight excluding hydrogens is 338 g/mol. The van der Waals surface area contributed by atoms with Gasteiger partial charge in [0.05, 0.1) is 17.7 Å². The van der Waals surface area contributed by atoms with Crippen molar-refractivity contribution in [2.24, 2.45) is 0 Å². The fourth-order valence-corrected chi connectivity index (χ4v) is 4.79. The van der Waals surface area contributed by atoms with E-state index in [9.17, 15) is 8.42 Å². The molecule has 0 aliphatic carbocycles. The van der Waals surface area contributed by atoms with Crippen LogP contribution in [0.2, 0.25) is 0 Å². The summed E-state index contributed by atoms with van der Waals surface area (Å²) < 4.78 is 23.4. The smallest absolute Gasteiger partial charge is 0.249 e. The second kappa shape index (κ2) is 6.95. The summed E-state index contributed by atoms with van der Waals surface area (Å²) in [4.78, 5) is 6.38. The summed E-state index contributed by atoms with van der Waals surface area (Å²) >= 11 is 0. The standard InChI is InChI=1S/C17H23N5O2S/c1-12(2)14-6-4-5-7-15(14)19-17-20-16(10-18-21-17)22(3)13-8-9-25(23,24)11-13/h4-7,10,12-13H,8-9,11H2,1-3H3,(H,19,20,21). The lowest BCUT2D eigenvalue weighted by Crippen LogP contribution is -2.33. The Bertz CT molecular complexity index is 854. The molecule has 1 aromatic heterocycles. The first-order chi connectivity index (χ1) is 11.9. The maximum Gasteiger partial charge on any atom is 0.249 e. The Morgan fingerprint density at radius 3 is 2.72 bits per heavy atom. The van der Waals surface area contributed by atoms with Crippen LogP contribution in [0.3, 0.4) is 0 Å². The Morgan fingerprint density at radius 2 is 2.04 bits per heavy atom. The van der Waals surface area contributed by atoms with Crippen LogP contribution in [0.15, 0.2) is 30.5 Å². The zero-order valence-corrected chi connectivity index (χ0v) is 15.5. The van der Waals surface area contributed by atoms with Crippen molar-refractivity contribution in [3.63, 3.8) is 0 Å². The minimum absolute atomic E-state index is 0.0718. The Kier molecular flexibility index (Phi) is 4.89. The molecule has 1 saturated heterocycles.